The molecule has 3 rings (SSSR count). The second-order valence-corrected chi connectivity index (χ2v) is 5.19. The molecule has 1 saturated carbocycles. The smallest absolute Gasteiger partial charge is 0.317 e. The normalized spacial score (nSPS) is 15.6. The molecule has 1 heterocycles. The number of fused-ring (bicyclic) bond motifs is 1. The van der Waals surface area contributed by atoms with Gasteiger partial charge in [0.15, 0.2) is 17.8 Å². The van der Waals surface area contributed by atoms with Crippen molar-refractivity contribution in [3.63, 3.8) is 0 Å². The van der Waals surface area contributed by atoms with Crippen LogP contribution < -0.4 is 20.9 Å². The fourth-order valence-electron chi connectivity index (χ4n) is 2.18. The van der Waals surface area contributed by atoms with Crippen molar-refractivity contribution in [1.29, 1.82) is 0 Å². The number of carbonyl (C=O) groups is 2. The van der Waals surface area contributed by atoms with Crippen LogP contribution in [0.4, 0.5) is 0 Å². The van der Waals surface area contributed by atoms with E-state index in [1.54, 1.807) is 18.2 Å². The first-order chi connectivity index (χ1) is 11.1. The Morgan fingerprint density at radius 2 is 1.91 bits per heavy atom. The zero-order valence-corrected chi connectivity index (χ0v) is 13.1. The van der Waals surface area contributed by atoms with E-state index in [0.717, 1.165) is 6.29 Å². The van der Waals surface area contributed by atoms with E-state index in [1.807, 2.05) is 0 Å². The van der Waals surface area contributed by atoms with E-state index in [2.05, 4.69) is 5.73 Å². The highest BCUT2D eigenvalue weighted by Crippen LogP contribution is 2.33. The first-order valence-electron chi connectivity index (χ1n) is 7.59. The van der Waals surface area contributed by atoms with Crippen molar-refractivity contribution < 1.29 is 24.2 Å². The number of carboxylic acid groups (broad SMARTS) is 1. The molecule has 2 aliphatic rings. The van der Waals surface area contributed by atoms with Gasteiger partial charge in [0.25, 0.3) is 0 Å². The first kappa shape index (κ1) is 18.9. The number of rotatable bonds is 2. The maximum Gasteiger partial charge on any atom is 0.317 e. The number of aldehydes is 1. The molecule has 128 valence electrons. The highest BCUT2D eigenvalue weighted by Gasteiger charge is 2.15. The van der Waals surface area contributed by atoms with Gasteiger partial charge in [-0.15, -0.1) is 0 Å². The molecule has 1 aliphatic heterocycles. The minimum absolute atomic E-state index is 0.209. The number of para-hydroxylation sites is 1. The summed E-state index contributed by atoms with van der Waals surface area (Å²) in [6, 6.07) is 5.77. The van der Waals surface area contributed by atoms with Crippen LogP contribution >= 0.6 is 0 Å². The lowest BCUT2D eigenvalue weighted by Crippen LogP contribution is -2.22. The fraction of sp³-hybridized carbons (Fsp3) is 0.500. The summed E-state index contributed by atoms with van der Waals surface area (Å²) >= 11 is 0. The summed E-state index contributed by atoms with van der Waals surface area (Å²) in [4.78, 5) is 19.7. The Morgan fingerprint density at radius 3 is 2.39 bits per heavy atom. The Hall–Kier alpha value is -2.12. The van der Waals surface area contributed by atoms with E-state index in [-0.39, 0.29) is 13.3 Å². The van der Waals surface area contributed by atoms with Gasteiger partial charge in [-0.1, -0.05) is 25.3 Å². The van der Waals surface area contributed by atoms with E-state index < -0.39 is 5.97 Å². The van der Waals surface area contributed by atoms with Crippen molar-refractivity contribution in [2.75, 3.05) is 13.3 Å². The number of ether oxygens (including phenoxy) is 2. The average molecular weight is 324 g/mol. The highest BCUT2D eigenvalue weighted by molar-refractivity contribution is 5.81. The molecule has 7 heteroatoms. The molecule has 1 fully saturated rings. The van der Waals surface area contributed by atoms with Crippen molar-refractivity contribution >= 4 is 12.3 Å². The third-order valence-electron chi connectivity index (χ3n) is 3.38. The van der Waals surface area contributed by atoms with Crippen LogP contribution in [0.1, 0.15) is 42.5 Å². The van der Waals surface area contributed by atoms with Gasteiger partial charge in [-0.25, -0.2) is 0 Å². The molecule has 0 amide bonds. The molecule has 0 aromatic heterocycles. The van der Waals surface area contributed by atoms with Gasteiger partial charge in [0, 0.05) is 6.04 Å². The lowest BCUT2D eigenvalue weighted by Gasteiger charge is -2.15. The van der Waals surface area contributed by atoms with Crippen LogP contribution in [0.15, 0.2) is 18.2 Å². The summed E-state index contributed by atoms with van der Waals surface area (Å²) in [7, 11) is 0. The van der Waals surface area contributed by atoms with E-state index >= 15 is 0 Å². The maximum atomic E-state index is 10.4. The van der Waals surface area contributed by atoms with Gasteiger partial charge < -0.3 is 26.0 Å². The molecule has 1 aromatic carbocycles. The van der Waals surface area contributed by atoms with Crippen LogP contribution in [0.25, 0.3) is 0 Å². The first-order valence-corrected chi connectivity index (χ1v) is 7.59. The molecule has 0 saturated heterocycles. The quantitative estimate of drug-likeness (QED) is 0.704. The largest absolute Gasteiger partial charge is 0.480 e. The SMILES string of the molecule is NC1CCCCC1.NCC(=O)O.O=Cc1cccc2c1OCO2. The second kappa shape index (κ2) is 10.6. The molecule has 0 atom stereocenters. The molecule has 0 radical (unpaired) electrons. The van der Waals surface area contributed by atoms with Gasteiger partial charge >= 0.3 is 5.97 Å². The summed E-state index contributed by atoms with van der Waals surface area (Å²) in [5.41, 5.74) is 10.7. The average Bonchev–Trinajstić information content (AvgIpc) is 3.05. The monoisotopic (exact) mass is 324 g/mol. The number of carboxylic acids is 1. The summed E-state index contributed by atoms with van der Waals surface area (Å²) in [5.74, 6) is 0.238. The van der Waals surface area contributed by atoms with Gasteiger partial charge in [-0.3, -0.25) is 9.59 Å². The number of nitrogens with two attached hydrogens (primary N) is 2. The number of hydrogen-bond donors (Lipinski definition) is 3. The number of benzene rings is 1. The van der Waals surface area contributed by atoms with Gasteiger partial charge in [-0.2, -0.15) is 0 Å². The standard InChI is InChI=1S/C8H6O3.C6H13N.C2H5NO2/c9-4-6-2-1-3-7-8(6)11-5-10-7;7-6-4-2-1-3-5-6;3-1-2(4)5/h1-4H,5H2;6H,1-5,7H2;1,3H2,(H,4,5). The highest BCUT2D eigenvalue weighted by atomic mass is 16.7. The van der Waals surface area contributed by atoms with Crippen LogP contribution in [0.5, 0.6) is 11.5 Å². The number of hydrogen-bond acceptors (Lipinski definition) is 6. The molecular formula is C16H24N2O5. The Morgan fingerprint density at radius 1 is 1.26 bits per heavy atom. The van der Waals surface area contributed by atoms with E-state index in [9.17, 15) is 9.59 Å². The molecule has 0 bridgehead atoms. The van der Waals surface area contributed by atoms with Crippen molar-refractivity contribution in [3.8, 4) is 11.5 Å². The van der Waals surface area contributed by atoms with Crippen LogP contribution in [0.2, 0.25) is 0 Å². The molecule has 1 aromatic rings. The topological polar surface area (TPSA) is 125 Å². The maximum absolute atomic E-state index is 10.4. The van der Waals surface area contributed by atoms with Crippen LogP contribution in [-0.2, 0) is 4.79 Å². The zero-order valence-electron chi connectivity index (χ0n) is 13.1. The van der Waals surface area contributed by atoms with E-state index in [0.29, 0.717) is 23.1 Å². The Kier molecular flexibility index (Phi) is 8.71. The molecule has 0 spiro atoms. The van der Waals surface area contributed by atoms with Gasteiger partial charge in [0.1, 0.15) is 0 Å². The fourth-order valence-corrected chi connectivity index (χ4v) is 2.18. The van der Waals surface area contributed by atoms with Gasteiger partial charge in [-0.05, 0) is 25.0 Å². The van der Waals surface area contributed by atoms with E-state index in [1.165, 1.54) is 32.1 Å². The lowest BCUT2D eigenvalue weighted by atomic mass is 9.97. The van der Waals surface area contributed by atoms with Gasteiger partial charge in [0.2, 0.25) is 6.79 Å². The molecular weight excluding hydrogens is 300 g/mol. The predicted molar refractivity (Wildman–Crippen MR) is 85.7 cm³/mol. The third-order valence-corrected chi connectivity index (χ3v) is 3.38. The van der Waals surface area contributed by atoms with Crippen LogP contribution in [0.3, 0.4) is 0 Å². The Balaban J connectivity index is 0.000000191. The lowest BCUT2D eigenvalue weighted by molar-refractivity contribution is -0.135. The number of carbonyl (C=O) groups excluding carboxylic acids is 1. The Labute approximate surface area is 135 Å². The number of aliphatic carboxylic acids is 1. The summed E-state index contributed by atoms with van der Waals surface area (Å²) in [6.07, 6.45) is 7.42. The summed E-state index contributed by atoms with van der Waals surface area (Å²) < 4.78 is 10.1. The van der Waals surface area contributed by atoms with Gasteiger partial charge in [0.05, 0.1) is 12.1 Å². The zero-order chi connectivity index (χ0) is 17.1. The minimum Gasteiger partial charge on any atom is -0.480 e. The summed E-state index contributed by atoms with van der Waals surface area (Å²) in [5, 5.41) is 7.60. The molecule has 23 heavy (non-hydrogen) atoms. The van der Waals surface area contributed by atoms with Crippen LogP contribution in [-0.4, -0.2) is 36.7 Å². The molecule has 0 unspecified atom stereocenters. The van der Waals surface area contributed by atoms with Crippen LogP contribution in [0, 0.1) is 0 Å². The third kappa shape index (κ3) is 7.12. The van der Waals surface area contributed by atoms with Crippen molar-refractivity contribution in [3.05, 3.63) is 23.8 Å². The minimum atomic E-state index is -0.968. The summed E-state index contributed by atoms with van der Waals surface area (Å²) in [6.45, 7) is -0.0693. The molecule has 1 aliphatic carbocycles. The van der Waals surface area contributed by atoms with Crippen molar-refractivity contribution in [2.24, 2.45) is 11.5 Å². The predicted octanol–water partition coefficient (Wildman–Crippen LogP) is 1.54. The van der Waals surface area contributed by atoms with E-state index in [4.69, 9.17) is 20.3 Å². The molecule has 7 nitrogen and oxygen atoms in total. The Bertz CT molecular complexity index is 501. The second-order valence-electron chi connectivity index (χ2n) is 5.19. The molecule has 5 N–H and O–H groups in total. The van der Waals surface area contributed by atoms with Crippen molar-refractivity contribution in [1.82, 2.24) is 0 Å². The van der Waals surface area contributed by atoms with Crippen molar-refractivity contribution in [2.45, 2.75) is 38.1 Å².